The van der Waals surface area contributed by atoms with Crippen molar-refractivity contribution in [3.8, 4) is 5.88 Å². The van der Waals surface area contributed by atoms with Crippen LogP contribution in [-0.2, 0) is 11.2 Å². The van der Waals surface area contributed by atoms with Crippen molar-refractivity contribution in [2.75, 3.05) is 0 Å². The van der Waals surface area contributed by atoms with E-state index in [2.05, 4.69) is 28.5 Å². The summed E-state index contributed by atoms with van der Waals surface area (Å²) in [6.45, 7) is 8.69. The van der Waals surface area contributed by atoms with Gasteiger partial charge in [-0.25, -0.2) is 9.97 Å². The molecular formula is C21H23N4O2P. The van der Waals surface area contributed by atoms with E-state index in [4.69, 9.17) is 4.74 Å². The lowest BCUT2D eigenvalue weighted by Crippen LogP contribution is -2.09. The summed E-state index contributed by atoms with van der Waals surface area (Å²) in [4.78, 5) is 13.6. The fourth-order valence-corrected chi connectivity index (χ4v) is 4.87. The second-order valence-corrected chi connectivity index (χ2v) is 8.06. The lowest BCUT2D eigenvalue weighted by atomic mass is 10.00. The molecule has 1 aromatic carbocycles. The highest BCUT2D eigenvalue weighted by molar-refractivity contribution is 7.24. The number of imidazole rings is 1. The average Bonchev–Trinajstić information content (AvgIpc) is 3.26. The summed E-state index contributed by atoms with van der Waals surface area (Å²) in [5, 5.41) is 0. The van der Waals surface area contributed by atoms with Crippen molar-refractivity contribution < 1.29 is 9.30 Å². The number of rotatable bonds is 6. The van der Waals surface area contributed by atoms with E-state index in [1.54, 1.807) is 6.33 Å². The third-order valence-electron chi connectivity index (χ3n) is 5.46. The van der Waals surface area contributed by atoms with Gasteiger partial charge in [0.1, 0.15) is 12.4 Å². The van der Waals surface area contributed by atoms with E-state index in [0.29, 0.717) is 23.8 Å². The van der Waals surface area contributed by atoms with Gasteiger partial charge in [-0.1, -0.05) is 49.4 Å². The summed E-state index contributed by atoms with van der Waals surface area (Å²) in [5.41, 5.74) is 3.64. The van der Waals surface area contributed by atoms with Crippen molar-refractivity contribution in [1.29, 1.82) is 0 Å². The molecule has 0 saturated heterocycles. The smallest absolute Gasteiger partial charge is 0.246 e. The molecule has 0 bridgehead atoms. The Morgan fingerprint density at radius 1 is 1.29 bits per heavy atom. The van der Waals surface area contributed by atoms with Crippen molar-refractivity contribution >= 4 is 19.6 Å². The van der Waals surface area contributed by atoms with Crippen molar-refractivity contribution in [2.45, 2.75) is 45.0 Å². The van der Waals surface area contributed by atoms with Crippen LogP contribution in [0.3, 0.4) is 0 Å². The highest BCUT2D eigenvalue weighted by atomic mass is 31.1. The molecule has 4 rings (SSSR count). The molecule has 1 aliphatic carbocycles. The first-order valence-corrected chi connectivity index (χ1v) is 10.4. The van der Waals surface area contributed by atoms with Crippen molar-refractivity contribution in [3.63, 3.8) is 0 Å². The van der Waals surface area contributed by atoms with Crippen LogP contribution >= 0.6 is 8.46 Å². The van der Waals surface area contributed by atoms with Gasteiger partial charge in [0.05, 0.1) is 12.4 Å². The molecule has 1 saturated carbocycles. The minimum atomic E-state index is 0.0395. The number of aryl methyl sites for hydroxylation is 1. The molecule has 144 valence electrons. The van der Waals surface area contributed by atoms with Gasteiger partial charge in [0, 0.05) is 5.66 Å². The molecule has 6 nitrogen and oxygen atoms in total. The van der Waals surface area contributed by atoms with Crippen molar-refractivity contribution in [1.82, 2.24) is 19.5 Å². The zero-order valence-electron chi connectivity index (χ0n) is 16.1. The Morgan fingerprint density at radius 2 is 2.07 bits per heavy atom. The Hall–Kier alpha value is -2.59. The third-order valence-corrected chi connectivity index (χ3v) is 6.31. The topological polar surface area (TPSA) is 69.9 Å². The molecule has 0 unspecified atom stereocenters. The van der Waals surface area contributed by atoms with Gasteiger partial charge in [0.25, 0.3) is 0 Å². The molecule has 3 atom stereocenters. The lowest BCUT2D eigenvalue weighted by molar-refractivity contribution is 0.296. The molecule has 0 amide bonds. The Kier molecular flexibility index (Phi) is 5.23. The molecule has 2 aromatic heterocycles. The SMILES string of the molecule is C=C1[C@H](CC)[C@@H](P=O)C[C@@H]1n1cnc2c(OCc3ccccc3)nc(C)nc21. The normalized spacial score (nSPS) is 22.2. The molecule has 1 fully saturated rings. The van der Waals surface area contributed by atoms with Gasteiger partial charge < -0.3 is 9.30 Å². The van der Waals surface area contributed by atoms with Gasteiger partial charge in [-0.3, -0.25) is 4.57 Å². The zero-order valence-corrected chi connectivity index (χ0v) is 17.0. The molecule has 0 radical (unpaired) electrons. The fourth-order valence-electron chi connectivity index (χ4n) is 4.03. The maximum absolute atomic E-state index is 11.6. The van der Waals surface area contributed by atoms with Crippen LogP contribution in [0.5, 0.6) is 5.88 Å². The Balaban J connectivity index is 1.68. The van der Waals surface area contributed by atoms with Crippen molar-refractivity contribution in [3.05, 3.63) is 60.2 Å². The fraction of sp³-hybridized carbons (Fsp3) is 0.381. The summed E-state index contributed by atoms with van der Waals surface area (Å²) in [7, 11) is 0.182. The monoisotopic (exact) mass is 394 g/mol. The molecule has 28 heavy (non-hydrogen) atoms. The van der Waals surface area contributed by atoms with Crippen molar-refractivity contribution in [2.24, 2.45) is 5.92 Å². The molecule has 7 heteroatoms. The second kappa shape index (κ2) is 7.80. The second-order valence-electron chi connectivity index (χ2n) is 7.19. The molecular weight excluding hydrogens is 371 g/mol. The maximum atomic E-state index is 11.6. The van der Waals surface area contributed by atoms with E-state index in [1.165, 1.54) is 0 Å². The average molecular weight is 394 g/mol. The van der Waals surface area contributed by atoms with E-state index < -0.39 is 0 Å². The number of ether oxygens (including phenoxy) is 1. The van der Waals surface area contributed by atoms with E-state index in [0.717, 1.165) is 29.6 Å². The van der Waals surface area contributed by atoms with Crippen LogP contribution in [0.4, 0.5) is 0 Å². The summed E-state index contributed by atoms with van der Waals surface area (Å²) < 4.78 is 19.6. The van der Waals surface area contributed by atoms with Crippen LogP contribution in [0, 0.1) is 12.8 Å². The predicted octanol–water partition coefficient (Wildman–Crippen LogP) is 4.90. The highest BCUT2D eigenvalue weighted by Crippen LogP contribution is 2.46. The van der Waals surface area contributed by atoms with Crippen LogP contribution in [0.25, 0.3) is 11.2 Å². The summed E-state index contributed by atoms with van der Waals surface area (Å²) >= 11 is 0. The lowest BCUT2D eigenvalue weighted by Gasteiger charge is -2.16. The Bertz CT molecular complexity index is 1020. The minimum absolute atomic E-state index is 0.0395. The molecule has 3 aromatic rings. The van der Waals surface area contributed by atoms with Gasteiger partial charge in [0.2, 0.25) is 5.88 Å². The van der Waals surface area contributed by atoms with Crippen LogP contribution < -0.4 is 4.74 Å². The highest BCUT2D eigenvalue weighted by Gasteiger charge is 2.38. The number of aromatic nitrogens is 4. The van der Waals surface area contributed by atoms with Crippen LogP contribution in [0.15, 0.2) is 48.8 Å². The number of allylic oxidation sites excluding steroid dienone is 1. The van der Waals surface area contributed by atoms with Gasteiger partial charge in [-0.2, -0.15) is 4.98 Å². The minimum Gasteiger partial charge on any atom is -0.471 e. The van der Waals surface area contributed by atoms with Gasteiger partial charge in [-0.15, -0.1) is 0 Å². The van der Waals surface area contributed by atoms with Crippen LogP contribution in [-0.4, -0.2) is 25.2 Å². The number of fused-ring (bicyclic) bond motifs is 1. The molecule has 0 spiro atoms. The first-order chi connectivity index (χ1) is 13.6. The summed E-state index contributed by atoms with van der Waals surface area (Å²) in [6, 6.07) is 10.0. The van der Waals surface area contributed by atoms with Gasteiger partial charge >= 0.3 is 0 Å². The maximum Gasteiger partial charge on any atom is 0.246 e. The predicted molar refractivity (Wildman–Crippen MR) is 109 cm³/mol. The van der Waals surface area contributed by atoms with E-state index in [1.807, 2.05) is 41.8 Å². The van der Waals surface area contributed by atoms with E-state index in [9.17, 15) is 4.57 Å². The largest absolute Gasteiger partial charge is 0.471 e. The zero-order chi connectivity index (χ0) is 19.7. The quantitative estimate of drug-likeness (QED) is 0.439. The summed E-state index contributed by atoms with van der Waals surface area (Å²) in [5.74, 6) is 1.36. The summed E-state index contributed by atoms with van der Waals surface area (Å²) in [6.07, 6.45) is 3.49. The van der Waals surface area contributed by atoms with Crippen LogP contribution in [0.2, 0.25) is 0 Å². The number of nitrogens with zero attached hydrogens (tertiary/aromatic N) is 4. The van der Waals surface area contributed by atoms with Crippen LogP contribution in [0.1, 0.15) is 37.2 Å². The van der Waals surface area contributed by atoms with Gasteiger partial charge in [-0.05, 0) is 31.2 Å². The standard InChI is InChI=1S/C21H23N4O2P/c1-4-16-13(2)17(10-18(16)28-26)25-12-22-19-20(25)23-14(3)24-21(19)27-11-15-8-6-5-7-9-15/h5-9,12,16-18H,2,4,10-11H2,1,3H3/t16-,17-,18-/m0/s1. The molecule has 1 aliphatic rings. The number of hydrogen-bond acceptors (Lipinski definition) is 5. The Morgan fingerprint density at radius 3 is 2.75 bits per heavy atom. The molecule has 0 N–H and O–H groups in total. The number of hydrogen-bond donors (Lipinski definition) is 0. The molecule has 2 heterocycles. The number of benzene rings is 1. The third kappa shape index (κ3) is 3.33. The van der Waals surface area contributed by atoms with E-state index in [-0.39, 0.29) is 26.1 Å². The Labute approximate surface area is 165 Å². The first kappa shape index (κ1) is 18.8. The van der Waals surface area contributed by atoms with E-state index >= 15 is 0 Å². The van der Waals surface area contributed by atoms with Gasteiger partial charge in [0.15, 0.2) is 19.6 Å². The molecule has 0 aliphatic heterocycles. The first-order valence-electron chi connectivity index (χ1n) is 9.51.